The maximum atomic E-state index is 13.8. The number of anilines is 1. The van der Waals surface area contributed by atoms with E-state index in [1.165, 1.54) is 6.07 Å². The van der Waals surface area contributed by atoms with Crippen molar-refractivity contribution >= 4 is 17.6 Å². The molecule has 2 aliphatic rings. The lowest BCUT2D eigenvalue weighted by molar-refractivity contribution is -0.136. The van der Waals surface area contributed by atoms with Gasteiger partial charge in [-0.2, -0.15) is 0 Å². The lowest BCUT2D eigenvalue weighted by atomic mass is 10.1. The van der Waals surface area contributed by atoms with Gasteiger partial charge < -0.3 is 9.64 Å². The first-order valence-electron chi connectivity index (χ1n) is 8.50. The first-order chi connectivity index (χ1) is 12.1. The predicted octanol–water partition coefficient (Wildman–Crippen LogP) is 3.66. The molecule has 1 saturated heterocycles. The lowest BCUT2D eigenvalue weighted by Crippen LogP contribution is -2.23. The number of carbonyl (C=O) groups excluding carboxylic acids is 2. The van der Waals surface area contributed by atoms with Crippen molar-refractivity contribution < 1.29 is 18.7 Å². The van der Waals surface area contributed by atoms with Crippen molar-refractivity contribution in [3.63, 3.8) is 0 Å². The summed E-state index contributed by atoms with van der Waals surface area (Å²) in [5, 5.41) is 0. The molecule has 5 heteroatoms. The summed E-state index contributed by atoms with van der Waals surface area (Å²) in [6, 6.07) is 13.5. The van der Waals surface area contributed by atoms with Gasteiger partial charge in [0.05, 0.1) is 5.92 Å². The van der Waals surface area contributed by atoms with Crippen molar-refractivity contribution in [2.24, 2.45) is 5.92 Å². The van der Waals surface area contributed by atoms with Crippen LogP contribution in [-0.4, -0.2) is 18.4 Å². The molecule has 2 aromatic rings. The fraction of sp³-hybridized carbons (Fsp3) is 0.300. The van der Waals surface area contributed by atoms with E-state index in [2.05, 4.69) is 0 Å². The molecule has 0 N–H and O–H groups in total. The van der Waals surface area contributed by atoms with Crippen LogP contribution in [-0.2, 0) is 9.59 Å². The number of amides is 1. The molecule has 1 aliphatic heterocycles. The van der Waals surface area contributed by atoms with Gasteiger partial charge in [-0.1, -0.05) is 18.2 Å². The zero-order valence-corrected chi connectivity index (χ0v) is 13.7. The van der Waals surface area contributed by atoms with Gasteiger partial charge >= 0.3 is 5.97 Å². The Morgan fingerprint density at radius 2 is 1.88 bits per heavy atom. The average molecular weight is 339 g/mol. The second-order valence-corrected chi connectivity index (χ2v) is 6.53. The molecular formula is C20H18FNO3. The normalized spacial score (nSPS) is 22.1. The van der Waals surface area contributed by atoms with E-state index in [9.17, 15) is 14.0 Å². The fourth-order valence-corrected chi connectivity index (χ4v) is 3.38. The number of halogens is 1. The third kappa shape index (κ3) is 3.14. The van der Waals surface area contributed by atoms with Gasteiger partial charge in [-0.25, -0.2) is 4.39 Å². The van der Waals surface area contributed by atoms with Gasteiger partial charge in [0.15, 0.2) is 0 Å². The molecule has 25 heavy (non-hydrogen) atoms. The van der Waals surface area contributed by atoms with Gasteiger partial charge in [0.25, 0.3) is 0 Å². The van der Waals surface area contributed by atoms with E-state index in [-0.39, 0.29) is 29.5 Å². The van der Waals surface area contributed by atoms with E-state index in [1.807, 2.05) is 0 Å². The molecule has 2 aromatic carbocycles. The van der Waals surface area contributed by atoms with E-state index in [1.54, 1.807) is 47.4 Å². The number of nitrogens with zero attached hydrogens (tertiary/aromatic N) is 1. The summed E-state index contributed by atoms with van der Waals surface area (Å²) in [5.74, 6) is -0.442. The topological polar surface area (TPSA) is 46.6 Å². The number of rotatable bonds is 4. The predicted molar refractivity (Wildman–Crippen MR) is 90.9 cm³/mol. The number of benzene rings is 2. The van der Waals surface area contributed by atoms with Gasteiger partial charge in [0, 0.05) is 24.6 Å². The van der Waals surface area contributed by atoms with Crippen molar-refractivity contribution in [3.05, 3.63) is 59.9 Å². The standard InChI is InChI=1S/C20H18FNO3/c21-18-5-2-1-4-15(18)16-12-17(16)20(24)25-14-9-7-13(8-10-14)22-11-3-6-19(22)23/h1-2,4-5,7-10,16-17H,3,6,11-12H2. The van der Waals surface area contributed by atoms with Crippen LogP contribution in [0.3, 0.4) is 0 Å². The Bertz CT molecular complexity index is 818. The Hall–Kier alpha value is -2.69. The molecular weight excluding hydrogens is 321 g/mol. The minimum Gasteiger partial charge on any atom is -0.426 e. The third-order valence-corrected chi connectivity index (χ3v) is 4.84. The number of carbonyl (C=O) groups is 2. The number of hydrogen-bond donors (Lipinski definition) is 0. The van der Waals surface area contributed by atoms with Crippen LogP contribution < -0.4 is 9.64 Å². The van der Waals surface area contributed by atoms with Gasteiger partial charge in [-0.05, 0) is 48.7 Å². The minimum absolute atomic E-state index is 0.102. The van der Waals surface area contributed by atoms with Crippen molar-refractivity contribution in [3.8, 4) is 5.75 Å². The molecule has 1 heterocycles. The molecule has 1 saturated carbocycles. The van der Waals surface area contributed by atoms with Crippen molar-refractivity contribution in [1.82, 2.24) is 0 Å². The summed E-state index contributed by atoms with van der Waals surface area (Å²) in [6.45, 7) is 0.727. The van der Waals surface area contributed by atoms with Crippen LogP contribution in [0, 0.1) is 11.7 Å². The molecule has 1 aliphatic carbocycles. The Morgan fingerprint density at radius 1 is 1.12 bits per heavy atom. The van der Waals surface area contributed by atoms with E-state index in [0.717, 1.165) is 18.7 Å². The molecule has 2 unspecified atom stereocenters. The molecule has 0 spiro atoms. The molecule has 2 atom stereocenters. The van der Waals surface area contributed by atoms with Crippen LogP contribution in [0.4, 0.5) is 10.1 Å². The molecule has 4 nitrogen and oxygen atoms in total. The summed E-state index contributed by atoms with van der Waals surface area (Å²) in [5.41, 5.74) is 1.39. The highest BCUT2D eigenvalue weighted by atomic mass is 19.1. The zero-order chi connectivity index (χ0) is 17.4. The molecule has 128 valence electrons. The van der Waals surface area contributed by atoms with Crippen LogP contribution in [0.5, 0.6) is 5.75 Å². The number of hydrogen-bond acceptors (Lipinski definition) is 3. The first-order valence-corrected chi connectivity index (χ1v) is 8.50. The zero-order valence-electron chi connectivity index (χ0n) is 13.7. The van der Waals surface area contributed by atoms with E-state index < -0.39 is 0 Å². The SMILES string of the molecule is O=C(Oc1ccc(N2CCCC2=O)cc1)C1CC1c1ccccc1F. The minimum atomic E-state index is -0.335. The summed E-state index contributed by atoms with van der Waals surface area (Å²) in [4.78, 5) is 25.7. The highest BCUT2D eigenvalue weighted by molar-refractivity contribution is 5.95. The summed E-state index contributed by atoms with van der Waals surface area (Å²) in [7, 11) is 0. The average Bonchev–Trinajstić information content (AvgIpc) is 3.30. The van der Waals surface area contributed by atoms with Crippen LogP contribution >= 0.6 is 0 Å². The van der Waals surface area contributed by atoms with Gasteiger partial charge in [0.1, 0.15) is 11.6 Å². The molecule has 0 radical (unpaired) electrons. The fourth-order valence-electron chi connectivity index (χ4n) is 3.38. The molecule has 4 rings (SSSR count). The van der Waals surface area contributed by atoms with Crippen LogP contribution in [0.1, 0.15) is 30.7 Å². The van der Waals surface area contributed by atoms with Crippen molar-refractivity contribution in [1.29, 1.82) is 0 Å². The van der Waals surface area contributed by atoms with E-state index >= 15 is 0 Å². The Kier molecular flexibility index (Phi) is 3.99. The largest absolute Gasteiger partial charge is 0.426 e. The van der Waals surface area contributed by atoms with E-state index in [0.29, 0.717) is 24.2 Å². The second kappa shape index (κ2) is 6.31. The number of esters is 1. The highest BCUT2D eigenvalue weighted by Crippen LogP contribution is 2.48. The molecule has 0 aromatic heterocycles. The molecule has 1 amide bonds. The Labute approximate surface area is 145 Å². The van der Waals surface area contributed by atoms with E-state index in [4.69, 9.17) is 4.74 Å². The summed E-state index contributed by atoms with van der Waals surface area (Å²) >= 11 is 0. The monoisotopic (exact) mass is 339 g/mol. The van der Waals surface area contributed by atoms with Gasteiger partial charge in [-0.15, -0.1) is 0 Å². The quantitative estimate of drug-likeness (QED) is 0.631. The Balaban J connectivity index is 1.39. The van der Waals surface area contributed by atoms with Crippen LogP contribution in [0.15, 0.2) is 48.5 Å². The Morgan fingerprint density at radius 3 is 2.56 bits per heavy atom. The van der Waals surface area contributed by atoms with Crippen molar-refractivity contribution in [2.45, 2.75) is 25.2 Å². The lowest BCUT2D eigenvalue weighted by Gasteiger charge is -2.15. The molecule has 0 bridgehead atoms. The number of ether oxygens (including phenoxy) is 1. The summed E-state index contributed by atoms with van der Waals surface area (Å²) < 4.78 is 19.2. The van der Waals surface area contributed by atoms with Gasteiger partial charge in [0.2, 0.25) is 5.91 Å². The maximum Gasteiger partial charge on any atom is 0.314 e. The highest BCUT2D eigenvalue weighted by Gasteiger charge is 2.46. The first kappa shape index (κ1) is 15.8. The third-order valence-electron chi connectivity index (χ3n) is 4.84. The molecule has 2 fully saturated rings. The van der Waals surface area contributed by atoms with Crippen LogP contribution in [0.25, 0.3) is 0 Å². The second-order valence-electron chi connectivity index (χ2n) is 6.53. The maximum absolute atomic E-state index is 13.8. The van der Waals surface area contributed by atoms with Crippen molar-refractivity contribution in [2.75, 3.05) is 11.4 Å². The summed E-state index contributed by atoms with van der Waals surface area (Å²) in [6.07, 6.45) is 2.06. The van der Waals surface area contributed by atoms with Crippen LogP contribution in [0.2, 0.25) is 0 Å². The van der Waals surface area contributed by atoms with Gasteiger partial charge in [-0.3, -0.25) is 9.59 Å². The smallest absolute Gasteiger partial charge is 0.314 e.